The van der Waals surface area contributed by atoms with Crippen molar-refractivity contribution in [1.82, 2.24) is 9.78 Å². The number of esters is 1. The van der Waals surface area contributed by atoms with E-state index < -0.39 is 11.6 Å². The first kappa shape index (κ1) is 18.1. The summed E-state index contributed by atoms with van der Waals surface area (Å²) in [7, 11) is 0. The van der Waals surface area contributed by atoms with Crippen LogP contribution in [0, 0.1) is 18.6 Å². The molecule has 0 aliphatic carbocycles. The molecule has 2 aromatic rings. The second-order valence-corrected chi connectivity index (χ2v) is 6.02. The third-order valence-electron chi connectivity index (χ3n) is 3.80. The lowest BCUT2D eigenvalue weighted by molar-refractivity contribution is -0.144. The van der Waals surface area contributed by atoms with Crippen LogP contribution in [0.3, 0.4) is 0 Å². The molecule has 0 saturated heterocycles. The van der Waals surface area contributed by atoms with E-state index in [1.54, 1.807) is 11.6 Å². The van der Waals surface area contributed by atoms with Crippen LogP contribution in [0.2, 0.25) is 0 Å². The van der Waals surface area contributed by atoms with Crippen molar-refractivity contribution in [3.8, 4) is 0 Å². The first-order valence-corrected chi connectivity index (χ1v) is 7.98. The van der Waals surface area contributed by atoms with Crippen LogP contribution < -0.4 is 0 Å². The number of ether oxygens (including phenoxy) is 1. The summed E-state index contributed by atoms with van der Waals surface area (Å²) >= 11 is 0. The second kappa shape index (κ2) is 7.55. The van der Waals surface area contributed by atoms with Gasteiger partial charge in [0.2, 0.25) is 0 Å². The van der Waals surface area contributed by atoms with Gasteiger partial charge >= 0.3 is 5.97 Å². The minimum atomic E-state index is -0.604. The van der Waals surface area contributed by atoms with Crippen LogP contribution in [0.4, 0.5) is 8.78 Å². The van der Waals surface area contributed by atoms with E-state index in [2.05, 4.69) is 5.10 Å². The van der Waals surface area contributed by atoms with Crippen LogP contribution in [0.25, 0.3) is 0 Å². The maximum Gasteiger partial charge on any atom is 0.327 e. The number of hydrogen-bond acceptors (Lipinski definition) is 3. The van der Waals surface area contributed by atoms with Gasteiger partial charge in [-0.2, -0.15) is 5.10 Å². The Morgan fingerprint density at radius 3 is 2.42 bits per heavy atom. The van der Waals surface area contributed by atoms with Crippen molar-refractivity contribution in [3.63, 3.8) is 0 Å². The van der Waals surface area contributed by atoms with E-state index in [9.17, 15) is 13.6 Å². The van der Waals surface area contributed by atoms with Crippen molar-refractivity contribution < 1.29 is 18.3 Å². The molecule has 1 aromatic carbocycles. The maximum absolute atomic E-state index is 13.4. The summed E-state index contributed by atoms with van der Waals surface area (Å²) in [5, 5.41) is 4.50. The summed E-state index contributed by atoms with van der Waals surface area (Å²) in [6, 6.07) is 3.48. The molecular weight excluding hydrogens is 314 g/mol. The van der Waals surface area contributed by atoms with Crippen molar-refractivity contribution in [2.75, 3.05) is 6.61 Å². The largest absolute Gasteiger partial charge is 0.465 e. The standard InChI is InChI=1S/C18H22F2N2O2/c1-5-24-17(23)10-22-12(4)16(18(21-22)11(2)3)8-13-6-14(19)9-15(20)7-13/h6-7,9,11H,5,8,10H2,1-4H3. The van der Waals surface area contributed by atoms with E-state index >= 15 is 0 Å². The number of carbonyl (C=O) groups excluding carboxylic acids is 1. The fraction of sp³-hybridized carbons (Fsp3) is 0.444. The van der Waals surface area contributed by atoms with E-state index in [1.165, 1.54) is 12.1 Å². The molecular formula is C18H22F2N2O2. The number of benzene rings is 1. The van der Waals surface area contributed by atoms with Crippen molar-refractivity contribution in [2.24, 2.45) is 0 Å². The van der Waals surface area contributed by atoms with Crippen molar-refractivity contribution in [3.05, 3.63) is 52.3 Å². The summed E-state index contributed by atoms with van der Waals surface area (Å²) in [6.07, 6.45) is 0.358. The summed E-state index contributed by atoms with van der Waals surface area (Å²) in [5.41, 5.74) is 3.05. The topological polar surface area (TPSA) is 44.1 Å². The van der Waals surface area contributed by atoms with E-state index in [4.69, 9.17) is 4.74 Å². The highest BCUT2D eigenvalue weighted by Gasteiger charge is 2.19. The van der Waals surface area contributed by atoms with Gasteiger partial charge in [0, 0.05) is 23.7 Å². The lowest BCUT2D eigenvalue weighted by Gasteiger charge is -2.07. The van der Waals surface area contributed by atoms with E-state index in [0.29, 0.717) is 18.6 Å². The van der Waals surface area contributed by atoms with Gasteiger partial charge in [0.15, 0.2) is 0 Å². The Bertz CT molecular complexity index is 719. The average Bonchev–Trinajstić information content (AvgIpc) is 2.76. The monoisotopic (exact) mass is 336 g/mol. The molecule has 0 radical (unpaired) electrons. The number of hydrogen-bond donors (Lipinski definition) is 0. The number of rotatable bonds is 6. The summed E-state index contributed by atoms with van der Waals surface area (Å²) in [6.45, 7) is 7.92. The van der Waals surface area contributed by atoms with Crippen LogP contribution in [-0.2, 0) is 22.5 Å². The molecule has 4 nitrogen and oxygen atoms in total. The van der Waals surface area contributed by atoms with Gasteiger partial charge in [0.05, 0.1) is 12.3 Å². The minimum absolute atomic E-state index is 0.0247. The molecule has 0 N–H and O–H groups in total. The average molecular weight is 336 g/mol. The molecule has 1 heterocycles. The van der Waals surface area contributed by atoms with Gasteiger partial charge in [0.1, 0.15) is 18.2 Å². The Morgan fingerprint density at radius 2 is 1.88 bits per heavy atom. The van der Waals surface area contributed by atoms with Gasteiger partial charge < -0.3 is 4.74 Å². The zero-order chi connectivity index (χ0) is 17.9. The fourth-order valence-electron chi connectivity index (χ4n) is 2.69. The number of halogens is 2. The third-order valence-corrected chi connectivity index (χ3v) is 3.80. The van der Waals surface area contributed by atoms with Gasteiger partial charge in [-0.05, 0) is 37.5 Å². The Balaban J connectivity index is 2.37. The molecule has 0 amide bonds. The second-order valence-electron chi connectivity index (χ2n) is 6.02. The lowest BCUT2D eigenvalue weighted by Crippen LogP contribution is -2.15. The lowest BCUT2D eigenvalue weighted by atomic mass is 9.98. The zero-order valence-corrected chi connectivity index (χ0v) is 14.4. The molecule has 130 valence electrons. The molecule has 0 aliphatic heterocycles. The van der Waals surface area contributed by atoms with Gasteiger partial charge in [-0.1, -0.05) is 13.8 Å². The fourth-order valence-corrected chi connectivity index (χ4v) is 2.69. The molecule has 24 heavy (non-hydrogen) atoms. The Kier molecular flexibility index (Phi) is 5.70. The van der Waals surface area contributed by atoms with E-state index in [0.717, 1.165) is 23.0 Å². The minimum Gasteiger partial charge on any atom is -0.465 e. The summed E-state index contributed by atoms with van der Waals surface area (Å²) in [4.78, 5) is 11.7. The molecule has 0 spiro atoms. The molecule has 0 fully saturated rings. The van der Waals surface area contributed by atoms with E-state index in [-0.39, 0.29) is 18.4 Å². The highest BCUT2D eigenvalue weighted by Crippen LogP contribution is 2.25. The van der Waals surface area contributed by atoms with Gasteiger partial charge in [0.25, 0.3) is 0 Å². The van der Waals surface area contributed by atoms with Crippen molar-refractivity contribution >= 4 is 5.97 Å². The SMILES string of the molecule is CCOC(=O)Cn1nc(C(C)C)c(Cc2cc(F)cc(F)c2)c1C. The molecule has 2 rings (SSSR count). The van der Waals surface area contributed by atoms with Crippen LogP contribution >= 0.6 is 0 Å². The summed E-state index contributed by atoms with van der Waals surface area (Å²) in [5.74, 6) is -1.44. The number of aromatic nitrogens is 2. The van der Waals surface area contributed by atoms with Crippen LogP contribution in [-0.4, -0.2) is 22.4 Å². The predicted octanol–water partition coefficient (Wildman–Crippen LogP) is 3.75. The maximum atomic E-state index is 13.4. The molecule has 0 saturated carbocycles. The van der Waals surface area contributed by atoms with Gasteiger partial charge in [-0.15, -0.1) is 0 Å². The Morgan fingerprint density at radius 1 is 1.25 bits per heavy atom. The highest BCUT2D eigenvalue weighted by atomic mass is 19.1. The van der Waals surface area contributed by atoms with Gasteiger partial charge in [-0.25, -0.2) is 8.78 Å². The first-order valence-electron chi connectivity index (χ1n) is 7.98. The van der Waals surface area contributed by atoms with Crippen molar-refractivity contribution in [2.45, 2.75) is 46.6 Å². The number of nitrogens with zero attached hydrogens (tertiary/aromatic N) is 2. The molecule has 0 atom stereocenters. The molecule has 0 unspecified atom stereocenters. The third kappa shape index (κ3) is 4.19. The quantitative estimate of drug-likeness (QED) is 0.755. The highest BCUT2D eigenvalue weighted by molar-refractivity contribution is 5.69. The summed E-state index contributed by atoms with van der Waals surface area (Å²) < 4.78 is 33.4. The molecule has 6 heteroatoms. The van der Waals surface area contributed by atoms with Crippen LogP contribution in [0.15, 0.2) is 18.2 Å². The van der Waals surface area contributed by atoms with E-state index in [1.807, 2.05) is 20.8 Å². The first-order chi connectivity index (χ1) is 11.3. The van der Waals surface area contributed by atoms with Crippen molar-refractivity contribution in [1.29, 1.82) is 0 Å². The number of carbonyl (C=O) groups is 1. The molecule has 0 bridgehead atoms. The zero-order valence-electron chi connectivity index (χ0n) is 14.4. The Hall–Kier alpha value is -2.24. The van der Waals surface area contributed by atoms with Crippen LogP contribution in [0.1, 0.15) is 49.2 Å². The van der Waals surface area contributed by atoms with Gasteiger partial charge in [-0.3, -0.25) is 9.48 Å². The predicted molar refractivity (Wildman–Crippen MR) is 86.9 cm³/mol. The molecule has 0 aliphatic rings. The Labute approximate surface area is 140 Å². The van der Waals surface area contributed by atoms with Crippen LogP contribution in [0.5, 0.6) is 0 Å². The normalized spacial score (nSPS) is 11.1. The smallest absolute Gasteiger partial charge is 0.327 e. The molecule has 1 aromatic heterocycles.